The molecule has 4 rings (SSSR count). The smallest absolute Gasteiger partial charge is 0.543 e. The van der Waals surface area contributed by atoms with Crippen LogP contribution in [0.1, 0.15) is 10.5 Å². The Labute approximate surface area is 188 Å². The minimum Gasteiger partial charge on any atom is -0.543 e. The van der Waals surface area contributed by atoms with Crippen LogP contribution in [0.2, 0.25) is 0 Å². The molecule has 0 aliphatic rings. The number of carbonyl (C=O) groups excluding carboxylic acids is 1. The molecular weight excluding hydrogens is 382 g/mol. The summed E-state index contributed by atoms with van der Waals surface area (Å²) in [5, 5.41) is 11.6. The molecule has 0 fully saturated rings. The van der Waals surface area contributed by atoms with Crippen molar-refractivity contribution in [1.29, 1.82) is 0 Å². The zero-order chi connectivity index (χ0) is 19.7. The molecule has 0 bridgehead atoms. The number of benzene rings is 3. The van der Waals surface area contributed by atoms with E-state index in [9.17, 15) is 14.3 Å². The van der Waals surface area contributed by atoms with Crippen molar-refractivity contribution < 1.29 is 48.6 Å². The van der Waals surface area contributed by atoms with Crippen molar-refractivity contribution in [2.24, 2.45) is 0 Å². The monoisotopic (exact) mass is 396 g/mol. The van der Waals surface area contributed by atoms with E-state index in [0.717, 1.165) is 17.2 Å². The number of carboxylic acids is 1. The maximum absolute atomic E-state index is 13.5. The molecule has 0 spiro atoms. The van der Waals surface area contributed by atoms with Crippen LogP contribution in [0.3, 0.4) is 0 Å². The molecule has 0 saturated heterocycles. The largest absolute Gasteiger partial charge is 1.00 e. The molecular formula is C22H14FN2NaO3. The van der Waals surface area contributed by atoms with Gasteiger partial charge >= 0.3 is 29.6 Å². The molecule has 0 radical (unpaired) electrons. The topological polar surface area (TPSA) is 75.1 Å². The van der Waals surface area contributed by atoms with Crippen LogP contribution in [0.5, 0.6) is 5.75 Å². The fraction of sp³-hybridized carbons (Fsp3) is 0.0455. The number of carboxylic acid groups (broad SMARTS) is 1. The van der Waals surface area contributed by atoms with Crippen molar-refractivity contribution in [3.63, 3.8) is 0 Å². The average molecular weight is 396 g/mol. The van der Waals surface area contributed by atoms with Gasteiger partial charge in [0.15, 0.2) is 5.82 Å². The molecule has 5 nitrogen and oxygen atoms in total. The summed E-state index contributed by atoms with van der Waals surface area (Å²) in [7, 11) is 1.52. The van der Waals surface area contributed by atoms with Crippen molar-refractivity contribution in [1.82, 2.24) is 9.97 Å². The summed E-state index contributed by atoms with van der Waals surface area (Å²) in [5.74, 6) is -1.42. The first-order valence-electron chi connectivity index (χ1n) is 8.49. The maximum atomic E-state index is 13.5. The third-order valence-corrected chi connectivity index (χ3v) is 4.40. The number of nitrogens with zero attached hydrogens (tertiary/aromatic N) is 2. The van der Waals surface area contributed by atoms with Gasteiger partial charge in [-0.3, -0.25) is 0 Å². The molecule has 0 aliphatic heterocycles. The maximum Gasteiger partial charge on any atom is 1.00 e. The van der Waals surface area contributed by atoms with Crippen LogP contribution in [0, 0.1) is 5.82 Å². The summed E-state index contributed by atoms with van der Waals surface area (Å²) >= 11 is 0. The molecule has 1 heterocycles. The third kappa shape index (κ3) is 4.15. The Morgan fingerprint density at radius 2 is 1.72 bits per heavy atom. The van der Waals surface area contributed by atoms with Crippen molar-refractivity contribution in [3.05, 3.63) is 78.2 Å². The van der Waals surface area contributed by atoms with Crippen molar-refractivity contribution in [2.75, 3.05) is 7.11 Å². The first-order chi connectivity index (χ1) is 13.6. The predicted octanol–water partition coefficient (Wildman–Crippen LogP) is 0.479. The second-order valence-corrected chi connectivity index (χ2v) is 6.13. The second kappa shape index (κ2) is 8.69. The average Bonchev–Trinajstić information content (AvgIpc) is 2.73. The molecule has 7 heteroatoms. The quantitative estimate of drug-likeness (QED) is 0.469. The van der Waals surface area contributed by atoms with Crippen molar-refractivity contribution in [3.8, 4) is 28.3 Å². The van der Waals surface area contributed by atoms with E-state index in [0.29, 0.717) is 16.8 Å². The van der Waals surface area contributed by atoms with Crippen molar-refractivity contribution in [2.45, 2.75) is 0 Å². The number of fused-ring (bicyclic) bond motifs is 1. The van der Waals surface area contributed by atoms with Gasteiger partial charge in [-0.2, -0.15) is 0 Å². The van der Waals surface area contributed by atoms with Gasteiger partial charge in [0, 0.05) is 5.39 Å². The molecule has 0 unspecified atom stereocenters. The van der Waals surface area contributed by atoms with E-state index in [1.54, 1.807) is 6.07 Å². The van der Waals surface area contributed by atoms with E-state index < -0.39 is 11.8 Å². The standard InChI is InChI=1S/C22H15FN2O3.Na/c1-28-19-11-14(13-5-3-2-4-6-13)7-9-16(19)21-24-18-10-8-15(23)12-17(18)20(25-21)22(26)27;/h2-12H,1H3,(H,26,27);/q;+1/p-1. The summed E-state index contributed by atoms with van der Waals surface area (Å²) in [6.45, 7) is 0. The Bertz CT molecular complexity index is 1200. The van der Waals surface area contributed by atoms with E-state index in [1.807, 2.05) is 42.5 Å². The molecule has 138 valence electrons. The zero-order valence-corrected chi connectivity index (χ0v) is 17.8. The van der Waals surface area contributed by atoms with Gasteiger partial charge in [-0.05, 0) is 41.5 Å². The molecule has 29 heavy (non-hydrogen) atoms. The summed E-state index contributed by atoms with van der Waals surface area (Å²) < 4.78 is 19.0. The SMILES string of the molecule is COc1cc(-c2ccccc2)ccc1-c1nc(C(=O)[O-])c2cc(F)ccc2n1.[Na+]. The van der Waals surface area contributed by atoms with Gasteiger partial charge in [0.05, 0.1) is 29.9 Å². The fourth-order valence-electron chi connectivity index (χ4n) is 3.06. The molecule has 3 aromatic carbocycles. The normalized spacial score (nSPS) is 10.4. The Morgan fingerprint density at radius 1 is 0.966 bits per heavy atom. The van der Waals surface area contributed by atoms with Gasteiger partial charge in [0.25, 0.3) is 0 Å². The number of hydrogen-bond acceptors (Lipinski definition) is 5. The Morgan fingerprint density at radius 3 is 2.41 bits per heavy atom. The number of aromatic nitrogens is 2. The molecule has 4 aromatic rings. The number of rotatable bonds is 4. The first-order valence-corrected chi connectivity index (χ1v) is 8.49. The minimum atomic E-state index is -1.50. The fourth-order valence-corrected chi connectivity index (χ4v) is 3.06. The summed E-state index contributed by atoms with van der Waals surface area (Å²) in [6.07, 6.45) is 0. The van der Waals surface area contributed by atoms with E-state index in [4.69, 9.17) is 4.74 Å². The minimum absolute atomic E-state index is 0. The molecule has 0 atom stereocenters. The first kappa shape index (κ1) is 20.9. The Hall–Kier alpha value is -2.80. The summed E-state index contributed by atoms with van der Waals surface area (Å²) in [5.41, 5.74) is 2.41. The number of carbonyl (C=O) groups is 1. The molecule has 0 saturated carbocycles. The Balaban J connectivity index is 0.00000240. The van der Waals surface area contributed by atoms with Gasteiger partial charge in [0.1, 0.15) is 11.6 Å². The Kier molecular flexibility index (Phi) is 6.27. The van der Waals surface area contributed by atoms with Crippen LogP contribution in [-0.2, 0) is 0 Å². The van der Waals surface area contributed by atoms with Crippen LogP contribution in [0.25, 0.3) is 33.4 Å². The molecule has 0 aliphatic carbocycles. The van der Waals surface area contributed by atoms with Crippen LogP contribution in [0.15, 0.2) is 66.7 Å². The van der Waals surface area contributed by atoms with E-state index >= 15 is 0 Å². The number of methoxy groups -OCH3 is 1. The van der Waals surface area contributed by atoms with Gasteiger partial charge in [0.2, 0.25) is 0 Å². The summed E-state index contributed by atoms with van der Waals surface area (Å²) in [6, 6.07) is 19.0. The van der Waals surface area contributed by atoms with Gasteiger partial charge in [-0.25, -0.2) is 14.4 Å². The van der Waals surface area contributed by atoms with Gasteiger partial charge in [-0.15, -0.1) is 0 Å². The number of aromatic carboxylic acids is 1. The van der Waals surface area contributed by atoms with Gasteiger partial charge < -0.3 is 14.6 Å². The van der Waals surface area contributed by atoms with Crippen LogP contribution >= 0.6 is 0 Å². The van der Waals surface area contributed by atoms with Crippen LogP contribution in [-0.4, -0.2) is 23.0 Å². The van der Waals surface area contributed by atoms with Crippen molar-refractivity contribution >= 4 is 16.9 Å². The number of ether oxygens (including phenoxy) is 1. The third-order valence-electron chi connectivity index (χ3n) is 4.40. The molecule has 0 N–H and O–H groups in total. The van der Waals surface area contributed by atoms with Gasteiger partial charge in [-0.1, -0.05) is 36.4 Å². The van der Waals surface area contributed by atoms with E-state index in [1.165, 1.54) is 19.2 Å². The number of halogens is 1. The second-order valence-electron chi connectivity index (χ2n) is 6.13. The zero-order valence-electron chi connectivity index (χ0n) is 15.8. The molecule has 0 amide bonds. The van der Waals surface area contributed by atoms with Crippen LogP contribution < -0.4 is 39.4 Å². The molecule has 1 aromatic heterocycles. The van der Waals surface area contributed by atoms with E-state index in [-0.39, 0.29) is 46.5 Å². The van der Waals surface area contributed by atoms with E-state index in [2.05, 4.69) is 9.97 Å². The van der Waals surface area contributed by atoms with Crippen LogP contribution in [0.4, 0.5) is 4.39 Å². The summed E-state index contributed by atoms with van der Waals surface area (Å²) in [4.78, 5) is 20.0. The predicted molar refractivity (Wildman–Crippen MR) is 101 cm³/mol. The number of hydrogen-bond donors (Lipinski definition) is 0.